The maximum atomic E-state index is 4.15. The molecule has 86 valence electrons. The molecule has 0 fully saturated rings. The molecule has 0 atom stereocenters. The number of unbranched alkanes of at least 4 members (excludes halogenated alkanes) is 1. The Hall–Kier alpha value is -0.870. The van der Waals surface area contributed by atoms with Crippen molar-refractivity contribution in [1.82, 2.24) is 20.2 Å². The molecule has 1 rings (SSSR count). The second-order valence-corrected chi connectivity index (χ2v) is 3.87. The molecule has 2 N–H and O–H groups in total. The minimum atomic E-state index is 0.828. The number of imidazole rings is 1. The van der Waals surface area contributed by atoms with Gasteiger partial charge in [0.25, 0.3) is 0 Å². The van der Waals surface area contributed by atoms with Crippen molar-refractivity contribution in [2.45, 2.75) is 26.3 Å². The van der Waals surface area contributed by atoms with Crippen LogP contribution in [-0.4, -0.2) is 41.5 Å². The van der Waals surface area contributed by atoms with Gasteiger partial charge in [0.05, 0.1) is 6.54 Å². The molecule has 0 aliphatic heterocycles. The SMILES string of the molecule is CCCCN(C)CCNCc1ncc[nH]1. The molecule has 0 aliphatic carbocycles. The van der Waals surface area contributed by atoms with E-state index in [4.69, 9.17) is 0 Å². The van der Waals surface area contributed by atoms with E-state index in [9.17, 15) is 0 Å². The van der Waals surface area contributed by atoms with Gasteiger partial charge in [-0.15, -0.1) is 0 Å². The monoisotopic (exact) mass is 210 g/mol. The minimum absolute atomic E-state index is 0.828. The van der Waals surface area contributed by atoms with Gasteiger partial charge in [0, 0.05) is 25.5 Å². The molecule has 0 amide bonds. The van der Waals surface area contributed by atoms with Gasteiger partial charge in [-0.3, -0.25) is 0 Å². The smallest absolute Gasteiger partial charge is 0.120 e. The van der Waals surface area contributed by atoms with Gasteiger partial charge in [0.2, 0.25) is 0 Å². The molecule has 4 nitrogen and oxygen atoms in total. The Morgan fingerprint density at radius 3 is 3.00 bits per heavy atom. The predicted octanol–water partition coefficient (Wildman–Crippen LogP) is 1.23. The number of nitrogens with one attached hydrogen (secondary N) is 2. The van der Waals surface area contributed by atoms with Crippen molar-refractivity contribution in [3.8, 4) is 0 Å². The lowest BCUT2D eigenvalue weighted by atomic mass is 10.3. The maximum absolute atomic E-state index is 4.15. The highest BCUT2D eigenvalue weighted by Gasteiger charge is 1.97. The Labute approximate surface area is 92.1 Å². The summed E-state index contributed by atoms with van der Waals surface area (Å²) in [6.45, 7) is 6.36. The lowest BCUT2D eigenvalue weighted by molar-refractivity contribution is 0.325. The normalized spacial score (nSPS) is 11.1. The fraction of sp³-hybridized carbons (Fsp3) is 0.727. The van der Waals surface area contributed by atoms with Crippen LogP contribution >= 0.6 is 0 Å². The topological polar surface area (TPSA) is 44.0 Å². The van der Waals surface area contributed by atoms with Crippen LogP contribution in [-0.2, 0) is 6.54 Å². The standard InChI is InChI=1S/C11H22N4/c1-3-4-8-15(2)9-7-12-10-11-13-5-6-14-11/h5-6,12H,3-4,7-10H2,1-2H3,(H,13,14). The molecule has 0 spiro atoms. The third-order valence-electron chi connectivity index (χ3n) is 2.41. The molecule has 0 radical (unpaired) electrons. The van der Waals surface area contributed by atoms with Gasteiger partial charge in [-0.05, 0) is 20.0 Å². The number of hydrogen-bond acceptors (Lipinski definition) is 3. The first-order chi connectivity index (χ1) is 7.33. The minimum Gasteiger partial charge on any atom is -0.348 e. The summed E-state index contributed by atoms with van der Waals surface area (Å²) >= 11 is 0. The molecule has 0 saturated heterocycles. The van der Waals surface area contributed by atoms with Crippen LogP contribution in [0.1, 0.15) is 25.6 Å². The summed E-state index contributed by atoms with van der Waals surface area (Å²) in [5.41, 5.74) is 0. The van der Waals surface area contributed by atoms with Crippen LogP contribution < -0.4 is 5.32 Å². The number of aromatic nitrogens is 2. The summed E-state index contributed by atoms with van der Waals surface area (Å²) in [7, 11) is 2.17. The number of hydrogen-bond donors (Lipinski definition) is 2. The molecule has 0 saturated carbocycles. The van der Waals surface area contributed by atoms with Gasteiger partial charge in [-0.2, -0.15) is 0 Å². The highest BCUT2D eigenvalue weighted by molar-refractivity contribution is 4.85. The Balaban J connectivity index is 1.97. The second kappa shape index (κ2) is 7.43. The molecule has 0 aromatic carbocycles. The zero-order valence-corrected chi connectivity index (χ0v) is 9.79. The van der Waals surface area contributed by atoms with Crippen molar-refractivity contribution in [3.05, 3.63) is 18.2 Å². The maximum Gasteiger partial charge on any atom is 0.120 e. The van der Waals surface area contributed by atoms with Crippen molar-refractivity contribution in [2.75, 3.05) is 26.7 Å². The van der Waals surface area contributed by atoms with Crippen LogP contribution in [0.4, 0.5) is 0 Å². The Bertz CT molecular complexity index is 233. The van der Waals surface area contributed by atoms with Crippen LogP contribution in [0.2, 0.25) is 0 Å². The molecule has 0 bridgehead atoms. The van der Waals surface area contributed by atoms with Crippen LogP contribution in [0.3, 0.4) is 0 Å². The average Bonchev–Trinajstić information content (AvgIpc) is 2.74. The van der Waals surface area contributed by atoms with E-state index in [1.54, 1.807) is 6.20 Å². The zero-order valence-electron chi connectivity index (χ0n) is 9.79. The first-order valence-electron chi connectivity index (χ1n) is 5.70. The summed E-state index contributed by atoms with van der Waals surface area (Å²) in [5.74, 6) is 1.01. The van der Waals surface area contributed by atoms with E-state index in [-0.39, 0.29) is 0 Å². The van der Waals surface area contributed by atoms with E-state index in [0.717, 1.165) is 25.5 Å². The molecule has 0 aliphatic rings. The number of H-pyrrole nitrogens is 1. The number of aromatic amines is 1. The first-order valence-corrected chi connectivity index (χ1v) is 5.70. The fourth-order valence-electron chi connectivity index (χ4n) is 1.41. The highest BCUT2D eigenvalue weighted by Crippen LogP contribution is 1.91. The highest BCUT2D eigenvalue weighted by atomic mass is 15.1. The second-order valence-electron chi connectivity index (χ2n) is 3.87. The van der Waals surface area contributed by atoms with Crippen LogP contribution in [0.15, 0.2) is 12.4 Å². The summed E-state index contributed by atoms with van der Waals surface area (Å²) in [6, 6.07) is 0. The third kappa shape index (κ3) is 5.54. The largest absolute Gasteiger partial charge is 0.348 e. The lowest BCUT2D eigenvalue weighted by Crippen LogP contribution is -2.29. The Morgan fingerprint density at radius 1 is 1.47 bits per heavy atom. The van der Waals surface area contributed by atoms with E-state index in [0.29, 0.717) is 0 Å². The van der Waals surface area contributed by atoms with Crippen molar-refractivity contribution >= 4 is 0 Å². The molecular formula is C11H22N4. The predicted molar refractivity (Wildman–Crippen MR) is 62.7 cm³/mol. The zero-order chi connectivity index (χ0) is 10.9. The fourth-order valence-corrected chi connectivity index (χ4v) is 1.41. The van der Waals surface area contributed by atoms with E-state index in [2.05, 4.69) is 34.2 Å². The molecule has 1 heterocycles. The molecule has 0 unspecified atom stereocenters. The molecular weight excluding hydrogens is 188 g/mol. The number of likely N-dealkylation sites (N-methyl/N-ethyl adjacent to an activating group) is 1. The summed E-state index contributed by atoms with van der Waals surface area (Å²) < 4.78 is 0. The van der Waals surface area contributed by atoms with E-state index < -0.39 is 0 Å². The Morgan fingerprint density at radius 2 is 2.33 bits per heavy atom. The number of rotatable bonds is 8. The van der Waals surface area contributed by atoms with Crippen LogP contribution in [0, 0.1) is 0 Å². The van der Waals surface area contributed by atoms with Gasteiger partial charge >= 0.3 is 0 Å². The summed E-state index contributed by atoms with van der Waals surface area (Å²) in [4.78, 5) is 9.58. The van der Waals surface area contributed by atoms with E-state index in [1.165, 1.54) is 19.4 Å². The molecule has 1 aromatic rings. The van der Waals surface area contributed by atoms with Crippen LogP contribution in [0.5, 0.6) is 0 Å². The van der Waals surface area contributed by atoms with Crippen molar-refractivity contribution in [2.24, 2.45) is 0 Å². The van der Waals surface area contributed by atoms with E-state index in [1.807, 2.05) is 6.20 Å². The van der Waals surface area contributed by atoms with Gasteiger partial charge in [-0.25, -0.2) is 4.98 Å². The third-order valence-corrected chi connectivity index (χ3v) is 2.41. The van der Waals surface area contributed by atoms with Gasteiger partial charge < -0.3 is 15.2 Å². The van der Waals surface area contributed by atoms with Gasteiger partial charge in [0.1, 0.15) is 5.82 Å². The summed E-state index contributed by atoms with van der Waals surface area (Å²) in [5, 5.41) is 3.36. The molecule has 1 aromatic heterocycles. The van der Waals surface area contributed by atoms with Gasteiger partial charge in [-0.1, -0.05) is 13.3 Å². The molecule has 4 heteroatoms. The number of nitrogens with zero attached hydrogens (tertiary/aromatic N) is 2. The van der Waals surface area contributed by atoms with E-state index >= 15 is 0 Å². The quantitative estimate of drug-likeness (QED) is 0.634. The van der Waals surface area contributed by atoms with Crippen molar-refractivity contribution < 1.29 is 0 Å². The first kappa shape index (κ1) is 12.2. The average molecular weight is 210 g/mol. The van der Waals surface area contributed by atoms with Gasteiger partial charge in [0.15, 0.2) is 0 Å². The summed E-state index contributed by atoms with van der Waals surface area (Å²) in [6.07, 6.45) is 6.19. The Kier molecular flexibility index (Phi) is 6.04. The van der Waals surface area contributed by atoms with Crippen LogP contribution in [0.25, 0.3) is 0 Å². The molecule has 15 heavy (non-hydrogen) atoms. The van der Waals surface area contributed by atoms with Crippen molar-refractivity contribution in [1.29, 1.82) is 0 Å². The lowest BCUT2D eigenvalue weighted by Gasteiger charge is -2.15. The van der Waals surface area contributed by atoms with Crippen molar-refractivity contribution in [3.63, 3.8) is 0 Å².